The lowest BCUT2D eigenvalue weighted by Gasteiger charge is -2.30. The van der Waals surface area contributed by atoms with Crippen molar-refractivity contribution in [2.75, 3.05) is 20.2 Å². The summed E-state index contributed by atoms with van der Waals surface area (Å²) in [6, 6.07) is 17.6. The first-order valence-corrected chi connectivity index (χ1v) is 9.81. The molecule has 1 N–H and O–H groups in total. The number of amides is 1. The topological polar surface area (TPSA) is 50.8 Å². The van der Waals surface area contributed by atoms with Crippen LogP contribution in [0.15, 0.2) is 54.6 Å². The van der Waals surface area contributed by atoms with E-state index in [9.17, 15) is 4.79 Å². The van der Waals surface area contributed by atoms with Crippen molar-refractivity contribution in [1.82, 2.24) is 10.2 Å². The molecule has 0 unspecified atom stereocenters. The Morgan fingerprint density at radius 3 is 2.07 bits per heavy atom. The zero-order valence-electron chi connectivity index (χ0n) is 17.5. The van der Waals surface area contributed by atoms with Gasteiger partial charge in [0.25, 0.3) is 5.91 Å². The van der Waals surface area contributed by atoms with E-state index in [1.807, 2.05) is 54.6 Å². The molecule has 0 aliphatic rings. The highest BCUT2D eigenvalue weighted by Gasteiger charge is 2.23. The fourth-order valence-electron chi connectivity index (χ4n) is 3.20. The molecule has 0 bridgehead atoms. The highest BCUT2D eigenvalue weighted by atomic mass is 16.5. The summed E-state index contributed by atoms with van der Waals surface area (Å²) in [6.07, 6.45) is -0.722. The van der Waals surface area contributed by atoms with Crippen LogP contribution in [-0.2, 0) is 4.79 Å². The first kappa shape index (κ1) is 21.8. The third kappa shape index (κ3) is 6.27. The number of carbonyl (C=O) groups excluding carboxylic acids is 1. The zero-order valence-corrected chi connectivity index (χ0v) is 17.5. The molecular weight excluding hydrogens is 352 g/mol. The number of carbonyl (C=O) groups is 1. The predicted molar refractivity (Wildman–Crippen MR) is 113 cm³/mol. The molecule has 1 atom stereocenters. The van der Waals surface area contributed by atoms with E-state index in [1.165, 1.54) is 0 Å². The number of hydrogen-bond acceptors (Lipinski definition) is 4. The maximum Gasteiger partial charge on any atom is 0.265 e. The van der Waals surface area contributed by atoms with Crippen molar-refractivity contribution in [2.24, 2.45) is 0 Å². The average molecular weight is 385 g/mol. The zero-order chi connectivity index (χ0) is 20.5. The molecule has 1 amide bonds. The normalized spacial score (nSPS) is 12.3. The Bertz CT molecular complexity index is 706. The van der Waals surface area contributed by atoms with Crippen LogP contribution in [0.4, 0.5) is 0 Å². The van der Waals surface area contributed by atoms with Gasteiger partial charge >= 0.3 is 0 Å². The minimum absolute atomic E-state index is 0.151. The van der Waals surface area contributed by atoms with Gasteiger partial charge in [-0.2, -0.15) is 0 Å². The van der Waals surface area contributed by atoms with E-state index < -0.39 is 6.10 Å². The van der Waals surface area contributed by atoms with Gasteiger partial charge < -0.3 is 14.8 Å². The van der Waals surface area contributed by atoms with Crippen LogP contribution in [-0.4, -0.2) is 43.1 Å². The Hall–Kier alpha value is -2.53. The number of methoxy groups -OCH3 is 1. The Kier molecular flexibility index (Phi) is 8.33. The van der Waals surface area contributed by atoms with Gasteiger partial charge in [-0.1, -0.05) is 30.3 Å². The summed E-state index contributed by atoms with van der Waals surface area (Å²) in [5, 5.41) is 3.03. The van der Waals surface area contributed by atoms with Crippen molar-refractivity contribution in [1.29, 1.82) is 0 Å². The van der Waals surface area contributed by atoms with Crippen molar-refractivity contribution in [3.05, 3.63) is 60.2 Å². The van der Waals surface area contributed by atoms with Crippen molar-refractivity contribution >= 4 is 5.91 Å². The molecule has 0 aromatic heterocycles. The summed E-state index contributed by atoms with van der Waals surface area (Å²) in [5.41, 5.74) is 0.784. The third-order valence-corrected chi connectivity index (χ3v) is 4.65. The van der Waals surface area contributed by atoms with E-state index >= 15 is 0 Å². The van der Waals surface area contributed by atoms with Crippen LogP contribution in [0.2, 0.25) is 0 Å². The number of nitrogens with one attached hydrogen (secondary N) is 1. The van der Waals surface area contributed by atoms with Gasteiger partial charge in [-0.15, -0.1) is 0 Å². The number of rotatable bonds is 10. The minimum Gasteiger partial charge on any atom is -0.497 e. The largest absolute Gasteiger partial charge is 0.497 e. The van der Waals surface area contributed by atoms with Crippen molar-refractivity contribution in [3.8, 4) is 11.5 Å². The molecule has 0 aliphatic carbocycles. The van der Waals surface area contributed by atoms with Crippen LogP contribution in [0, 0.1) is 0 Å². The van der Waals surface area contributed by atoms with Crippen LogP contribution < -0.4 is 14.8 Å². The van der Waals surface area contributed by atoms with E-state index in [-0.39, 0.29) is 5.91 Å². The molecule has 28 heavy (non-hydrogen) atoms. The van der Waals surface area contributed by atoms with E-state index in [0.717, 1.165) is 17.9 Å². The number of ether oxygens (including phenoxy) is 2. The molecule has 0 fully saturated rings. The van der Waals surface area contributed by atoms with Crippen molar-refractivity contribution in [3.63, 3.8) is 0 Å². The van der Waals surface area contributed by atoms with Gasteiger partial charge in [-0.3, -0.25) is 9.69 Å². The molecule has 2 aromatic carbocycles. The Morgan fingerprint density at radius 1 is 0.929 bits per heavy atom. The van der Waals surface area contributed by atoms with Crippen LogP contribution >= 0.6 is 0 Å². The SMILES string of the molecule is COc1ccc([C@@H](Oc2ccccc2)C(=O)NCCN(C(C)C)C(C)C)cc1. The third-order valence-electron chi connectivity index (χ3n) is 4.65. The summed E-state index contributed by atoms with van der Waals surface area (Å²) < 4.78 is 11.2. The van der Waals surface area contributed by atoms with Gasteiger partial charge in [0.2, 0.25) is 6.10 Å². The highest BCUT2D eigenvalue weighted by molar-refractivity contribution is 5.82. The number of hydrogen-bond donors (Lipinski definition) is 1. The highest BCUT2D eigenvalue weighted by Crippen LogP contribution is 2.24. The van der Waals surface area contributed by atoms with Crippen LogP contribution in [0.5, 0.6) is 11.5 Å². The maximum atomic E-state index is 12.9. The molecular formula is C23H32N2O3. The van der Waals surface area contributed by atoms with Gasteiger partial charge in [0.1, 0.15) is 11.5 Å². The molecule has 0 saturated heterocycles. The lowest BCUT2D eigenvalue weighted by molar-refractivity contribution is -0.128. The summed E-state index contributed by atoms with van der Waals surface area (Å²) in [4.78, 5) is 15.3. The maximum absolute atomic E-state index is 12.9. The van der Waals surface area contributed by atoms with Crippen molar-refractivity contribution < 1.29 is 14.3 Å². The predicted octanol–water partition coefficient (Wildman–Crippen LogP) is 4.05. The van der Waals surface area contributed by atoms with E-state index in [0.29, 0.717) is 24.4 Å². The molecule has 5 nitrogen and oxygen atoms in total. The Labute approximate surface area is 168 Å². The number of benzene rings is 2. The first-order chi connectivity index (χ1) is 13.4. The summed E-state index contributed by atoms with van der Waals surface area (Å²) in [5.74, 6) is 1.25. The van der Waals surface area contributed by atoms with Crippen LogP contribution in [0.3, 0.4) is 0 Å². The smallest absolute Gasteiger partial charge is 0.265 e. The molecule has 0 aliphatic heterocycles. The lowest BCUT2D eigenvalue weighted by Crippen LogP contribution is -2.43. The van der Waals surface area contributed by atoms with Crippen LogP contribution in [0.25, 0.3) is 0 Å². The van der Waals surface area contributed by atoms with Gasteiger partial charge in [-0.05, 0) is 52.0 Å². The molecule has 2 aromatic rings. The van der Waals surface area contributed by atoms with Gasteiger partial charge in [0.15, 0.2) is 0 Å². The molecule has 152 valence electrons. The Morgan fingerprint density at radius 2 is 1.54 bits per heavy atom. The summed E-state index contributed by atoms with van der Waals surface area (Å²) in [7, 11) is 1.62. The standard InChI is InChI=1S/C23H32N2O3/c1-17(2)25(18(3)4)16-15-24-23(26)22(28-21-9-7-6-8-10-21)19-11-13-20(27-5)14-12-19/h6-14,17-18,22H,15-16H2,1-5H3,(H,24,26)/t22-/m1/s1. The quantitative estimate of drug-likeness (QED) is 0.671. The second kappa shape index (κ2) is 10.7. The second-order valence-electron chi connectivity index (χ2n) is 7.30. The van der Waals surface area contributed by atoms with Gasteiger partial charge in [0, 0.05) is 30.7 Å². The monoisotopic (exact) mass is 384 g/mol. The first-order valence-electron chi connectivity index (χ1n) is 9.81. The fourth-order valence-corrected chi connectivity index (χ4v) is 3.20. The van der Waals surface area contributed by atoms with E-state index in [2.05, 4.69) is 37.9 Å². The molecule has 0 saturated carbocycles. The minimum atomic E-state index is -0.722. The number of para-hydroxylation sites is 1. The molecule has 5 heteroatoms. The van der Waals surface area contributed by atoms with Crippen molar-refractivity contribution in [2.45, 2.75) is 45.9 Å². The van der Waals surface area contributed by atoms with Gasteiger partial charge in [-0.25, -0.2) is 0 Å². The summed E-state index contributed by atoms with van der Waals surface area (Å²) >= 11 is 0. The fraction of sp³-hybridized carbons (Fsp3) is 0.435. The number of nitrogens with zero attached hydrogens (tertiary/aromatic N) is 1. The molecule has 0 radical (unpaired) electrons. The molecule has 0 spiro atoms. The summed E-state index contributed by atoms with van der Waals surface area (Å²) in [6.45, 7) is 10.0. The molecule has 2 rings (SSSR count). The lowest BCUT2D eigenvalue weighted by atomic mass is 10.1. The Balaban J connectivity index is 2.10. The molecule has 0 heterocycles. The average Bonchev–Trinajstić information content (AvgIpc) is 2.69. The van der Waals surface area contributed by atoms with Crippen LogP contribution in [0.1, 0.15) is 39.4 Å². The van der Waals surface area contributed by atoms with E-state index in [4.69, 9.17) is 9.47 Å². The second-order valence-corrected chi connectivity index (χ2v) is 7.30. The van der Waals surface area contributed by atoms with Gasteiger partial charge in [0.05, 0.1) is 7.11 Å². The van der Waals surface area contributed by atoms with E-state index in [1.54, 1.807) is 7.11 Å².